The first-order valence-electron chi connectivity index (χ1n) is 31.1. The van der Waals surface area contributed by atoms with E-state index < -0.39 is 67.4 Å². The SMILES string of the molecule is CC/C=C/C/C=C/C/C=C/CCCCCC(O)C(=O)NC(COC1OC(CO)C(O)C(O)C1OC(=O)CCCCCCCCCCCCC/C=C/CCCCCCCC)C(O)/C=C/CCCCCCCCCCCC. The standard InChI is InChI=1S/C64H115NO10/c1-4-7-10-13-16-19-22-25-26-27-28-29-30-31-32-34-37-40-43-46-49-52-59(69)75-62-61(71)60(70)58(53-66)74-64(62)73-54-55(56(67)50-47-44-41-38-35-24-21-18-15-12-9-6-3)65-63(72)57(68)51-48-45-42-39-36-33-23-20-17-14-11-8-5-2/h8,11,17,20,25-26,33,36,47,50,55-58,60-62,64,66-68,70-71H,4-7,9-10,12-16,18-19,21-24,27-32,34-35,37-46,48-49,51-54H2,1-3H3,(H,65,72)/b11-8+,20-17+,26-25+,36-33+,50-47+. The Hall–Kier alpha value is -2.64. The van der Waals surface area contributed by atoms with Crippen molar-refractivity contribution in [3.05, 3.63) is 60.8 Å². The van der Waals surface area contributed by atoms with Gasteiger partial charge in [-0.25, -0.2) is 0 Å². The van der Waals surface area contributed by atoms with Gasteiger partial charge in [-0.2, -0.15) is 0 Å². The summed E-state index contributed by atoms with van der Waals surface area (Å²) in [6, 6.07) is -1.04. The van der Waals surface area contributed by atoms with Crippen LogP contribution < -0.4 is 5.32 Å². The average Bonchev–Trinajstić information content (AvgIpc) is 3.41. The zero-order valence-electron chi connectivity index (χ0n) is 48.2. The molecule has 1 aliphatic heterocycles. The number of aliphatic hydroxyl groups is 5. The lowest BCUT2D eigenvalue weighted by molar-refractivity contribution is -0.305. The Kier molecular flexibility index (Phi) is 48.9. The van der Waals surface area contributed by atoms with Gasteiger partial charge in [0.25, 0.3) is 0 Å². The molecule has 75 heavy (non-hydrogen) atoms. The Morgan fingerprint density at radius 3 is 1.45 bits per heavy atom. The molecule has 0 aromatic carbocycles. The Labute approximate surface area is 458 Å². The van der Waals surface area contributed by atoms with Crippen LogP contribution >= 0.6 is 0 Å². The molecule has 11 nitrogen and oxygen atoms in total. The first-order valence-corrected chi connectivity index (χ1v) is 31.1. The molecule has 8 unspecified atom stereocenters. The number of aliphatic hydroxyl groups excluding tert-OH is 5. The van der Waals surface area contributed by atoms with Crippen LogP contribution in [0.15, 0.2) is 60.8 Å². The summed E-state index contributed by atoms with van der Waals surface area (Å²) in [5.74, 6) is -1.22. The van der Waals surface area contributed by atoms with Gasteiger partial charge in [0, 0.05) is 6.42 Å². The lowest BCUT2D eigenvalue weighted by Gasteiger charge is -2.41. The van der Waals surface area contributed by atoms with Crippen LogP contribution in [0.4, 0.5) is 0 Å². The molecule has 8 atom stereocenters. The maximum Gasteiger partial charge on any atom is 0.306 e. The Morgan fingerprint density at radius 1 is 0.533 bits per heavy atom. The van der Waals surface area contributed by atoms with Crippen molar-refractivity contribution in [2.75, 3.05) is 13.2 Å². The zero-order chi connectivity index (χ0) is 54.7. The summed E-state index contributed by atoms with van der Waals surface area (Å²) < 4.78 is 17.6. The minimum Gasteiger partial charge on any atom is -0.454 e. The molecule has 0 aromatic heterocycles. The predicted molar refractivity (Wildman–Crippen MR) is 310 cm³/mol. The van der Waals surface area contributed by atoms with Gasteiger partial charge in [0.15, 0.2) is 12.4 Å². The number of rotatable bonds is 52. The molecule has 0 bridgehead atoms. The topological polar surface area (TPSA) is 175 Å². The monoisotopic (exact) mass is 1060 g/mol. The zero-order valence-corrected chi connectivity index (χ0v) is 48.2. The molecule has 1 aliphatic rings. The second-order valence-electron chi connectivity index (χ2n) is 21.4. The van der Waals surface area contributed by atoms with Crippen LogP contribution in [0.2, 0.25) is 0 Å². The predicted octanol–water partition coefficient (Wildman–Crippen LogP) is 14.6. The second-order valence-corrected chi connectivity index (χ2v) is 21.4. The molecule has 1 rings (SSSR count). The van der Waals surface area contributed by atoms with E-state index in [4.69, 9.17) is 14.2 Å². The number of ether oxygens (including phenoxy) is 3. The summed E-state index contributed by atoms with van der Waals surface area (Å²) in [5.41, 5.74) is 0. The summed E-state index contributed by atoms with van der Waals surface area (Å²) in [5, 5.41) is 56.9. The smallest absolute Gasteiger partial charge is 0.306 e. The number of hydrogen-bond donors (Lipinski definition) is 6. The number of carbonyl (C=O) groups is 2. The number of esters is 1. The second kappa shape index (κ2) is 52.1. The largest absolute Gasteiger partial charge is 0.454 e. The molecular formula is C64H115NO10. The fraction of sp³-hybridized carbons (Fsp3) is 0.812. The van der Waals surface area contributed by atoms with Crippen molar-refractivity contribution < 1.29 is 49.3 Å². The van der Waals surface area contributed by atoms with Crippen molar-refractivity contribution in [3.63, 3.8) is 0 Å². The molecule has 0 aromatic rings. The number of nitrogens with one attached hydrogen (secondary N) is 1. The maximum absolute atomic E-state index is 13.4. The van der Waals surface area contributed by atoms with E-state index in [2.05, 4.69) is 74.7 Å². The molecule has 1 saturated heterocycles. The van der Waals surface area contributed by atoms with Crippen LogP contribution in [0.5, 0.6) is 0 Å². The Balaban J connectivity index is 2.65. The molecule has 1 fully saturated rings. The van der Waals surface area contributed by atoms with Crippen LogP contribution in [-0.4, -0.2) is 99.6 Å². The van der Waals surface area contributed by atoms with Crippen LogP contribution in [0.25, 0.3) is 0 Å². The molecule has 0 aliphatic carbocycles. The van der Waals surface area contributed by atoms with Crippen LogP contribution in [0, 0.1) is 0 Å². The molecule has 0 saturated carbocycles. The summed E-state index contributed by atoms with van der Waals surface area (Å²) in [6.45, 7) is 5.66. The molecule has 436 valence electrons. The van der Waals surface area contributed by atoms with E-state index in [0.717, 1.165) is 77.0 Å². The summed E-state index contributed by atoms with van der Waals surface area (Å²) in [6.07, 6.45) is 54.1. The van der Waals surface area contributed by atoms with E-state index in [-0.39, 0.29) is 19.4 Å². The van der Waals surface area contributed by atoms with Gasteiger partial charge in [-0.15, -0.1) is 0 Å². The minimum absolute atomic E-state index is 0.120. The first-order chi connectivity index (χ1) is 36.7. The van der Waals surface area contributed by atoms with Gasteiger partial charge in [0.05, 0.1) is 25.4 Å². The van der Waals surface area contributed by atoms with E-state index in [1.54, 1.807) is 6.08 Å². The third-order valence-corrected chi connectivity index (χ3v) is 14.4. The van der Waals surface area contributed by atoms with Crippen molar-refractivity contribution in [2.24, 2.45) is 0 Å². The fourth-order valence-electron chi connectivity index (χ4n) is 9.48. The highest BCUT2D eigenvalue weighted by molar-refractivity contribution is 5.80. The van der Waals surface area contributed by atoms with E-state index in [1.165, 1.54) is 148 Å². The Bertz CT molecular complexity index is 1450. The summed E-state index contributed by atoms with van der Waals surface area (Å²) >= 11 is 0. The van der Waals surface area contributed by atoms with E-state index in [1.807, 2.05) is 6.08 Å². The summed E-state index contributed by atoms with van der Waals surface area (Å²) in [7, 11) is 0. The highest BCUT2D eigenvalue weighted by atomic mass is 16.7. The first kappa shape index (κ1) is 70.4. The lowest BCUT2D eigenvalue weighted by atomic mass is 9.99. The highest BCUT2D eigenvalue weighted by Gasteiger charge is 2.47. The van der Waals surface area contributed by atoms with Gasteiger partial charge in [-0.1, -0.05) is 242 Å². The maximum atomic E-state index is 13.4. The van der Waals surface area contributed by atoms with Crippen molar-refractivity contribution in [2.45, 2.75) is 320 Å². The Morgan fingerprint density at radius 2 is 0.960 bits per heavy atom. The van der Waals surface area contributed by atoms with Gasteiger partial charge in [-0.3, -0.25) is 9.59 Å². The number of amides is 1. The van der Waals surface area contributed by atoms with E-state index in [0.29, 0.717) is 12.8 Å². The fourth-order valence-corrected chi connectivity index (χ4v) is 9.48. The number of hydrogen-bond acceptors (Lipinski definition) is 10. The number of unbranched alkanes of at least 4 members (excludes halogenated alkanes) is 30. The lowest BCUT2D eigenvalue weighted by Crippen LogP contribution is -2.61. The van der Waals surface area contributed by atoms with Crippen LogP contribution in [0.1, 0.15) is 271 Å². The normalized spacial score (nSPS) is 19.6. The molecule has 1 heterocycles. The van der Waals surface area contributed by atoms with Gasteiger partial charge in [-0.05, 0) is 83.5 Å². The van der Waals surface area contributed by atoms with Gasteiger partial charge in [0.1, 0.15) is 24.4 Å². The van der Waals surface area contributed by atoms with Crippen LogP contribution in [-0.2, 0) is 23.8 Å². The third-order valence-electron chi connectivity index (χ3n) is 14.4. The van der Waals surface area contributed by atoms with Crippen molar-refractivity contribution in [1.29, 1.82) is 0 Å². The third kappa shape index (κ3) is 40.2. The molecule has 1 amide bonds. The molecule has 0 radical (unpaired) electrons. The van der Waals surface area contributed by atoms with Crippen molar-refractivity contribution >= 4 is 11.9 Å². The van der Waals surface area contributed by atoms with E-state index >= 15 is 0 Å². The van der Waals surface area contributed by atoms with Crippen LogP contribution in [0.3, 0.4) is 0 Å². The van der Waals surface area contributed by atoms with Gasteiger partial charge in [0.2, 0.25) is 5.91 Å². The number of allylic oxidation sites excluding steroid dienone is 9. The summed E-state index contributed by atoms with van der Waals surface area (Å²) in [4.78, 5) is 26.5. The van der Waals surface area contributed by atoms with E-state index in [9.17, 15) is 35.1 Å². The highest BCUT2D eigenvalue weighted by Crippen LogP contribution is 2.26. The van der Waals surface area contributed by atoms with Gasteiger partial charge >= 0.3 is 5.97 Å². The van der Waals surface area contributed by atoms with Crippen molar-refractivity contribution in [1.82, 2.24) is 5.32 Å². The average molecular weight is 1060 g/mol. The molecule has 6 N–H and O–H groups in total. The molecule has 0 spiro atoms. The molecule has 11 heteroatoms. The number of carbonyl (C=O) groups excluding carboxylic acids is 2. The minimum atomic E-state index is -1.62. The molecular weight excluding hydrogens is 943 g/mol. The quantitative estimate of drug-likeness (QED) is 0.0195. The van der Waals surface area contributed by atoms with Gasteiger partial charge < -0.3 is 45.1 Å². The van der Waals surface area contributed by atoms with Crippen molar-refractivity contribution in [3.8, 4) is 0 Å².